The third kappa shape index (κ3) is 5.06. The predicted molar refractivity (Wildman–Crippen MR) is 240 cm³/mol. The third-order valence-corrected chi connectivity index (χ3v) is 12.5. The Bertz CT molecular complexity index is 3370. The number of allylic oxidation sites excluding steroid dienone is 1. The molecule has 0 atom stereocenters. The molecule has 0 aliphatic heterocycles. The summed E-state index contributed by atoms with van der Waals surface area (Å²) >= 11 is 1.86. The Labute approximate surface area is 332 Å². The van der Waals surface area contributed by atoms with Gasteiger partial charge in [0, 0.05) is 60.0 Å². The van der Waals surface area contributed by atoms with Crippen molar-refractivity contribution < 1.29 is 8.83 Å². The van der Waals surface area contributed by atoms with E-state index < -0.39 is 0 Å². The number of aryl methyl sites for hydroxylation is 1. The number of para-hydroxylation sites is 4. The summed E-state index contributed by atoms with van der Waals surface area (Å²) in [6, 6.07) is 63.1. The van der Waals surface area contributed by atoms with E-state index in [1.807, 2.05) is 17.4 Å². The summed E-state index contributed by atoms with van der Waals surface area (Å²) in [6.07, 6.45) is 4.16. The lowest BCUT2D eigenvalue weighted by Crippen LogP contribution is -2.19. The van der Waals surface area contributed by atoms with Crippen LogP contribution in [0.4, 0.5) is 28.4 Å². The zero-order chi connectivity index (χ0) is 37.5. The van der Waals surface area contributed by atoms with E-state index in [4.69, 9.17) is 8.83 Å². The van der Waals surface area contributed by atoms with E-state index in [1.54, 1.807) is 0 Å². The molecule has 3 aromatic heterocycles. The van der Waals surface area contributed by atoms with E-state index in [0.717, 1.165) is 85.6 Å². The summed E-state index contributed by atoms with van der Waals surface area (Å²) < 4.78 is 15.5. The fourth-order valence-corrected chi connectivity index (χ4v) is 10.2. The van der Waals surface area contributed by atoms with Crippen LogP contribution in [0.2, 0.25) is 0 Å². The van der Waals surface area contributed by atoms with Crippen LogP contribution in [0, 0.1) is 0 Å². The summed E-state index contributed by atoms with van der Waals surface area (Å²) in [5.41, 5.74) is 10.4. The van der Waals surface area contributed by atoms with Gasteiger partial charge >= 0.3 is 0 Å². The van der Waals surface area contributed by atoms with Crippen LogP contribution < -0.4 is 9.80 Å². The van der Waals surface area contributed by atoms with Crippen LogP contribution >= 0.6 is 11.3 Å². The van der Waals surface area contributed by atoms with Crippen LogP contribution in [0.15, 0.2) is 191 Å². The summed E-state index contributed by atoms with van der Waals surface area (Å²) in [7, 11) is 0. The SMILES string of the molecule is C1=C(N(c2ccccc2)c2cc(N(c3ccccc3)c3cccc4oc5ccccc5c34)c3c(c2)sc2cc4ccccc4cc23)c2c(oc3ccccc23)CC1. The van der Waals surface area contributed by atoms with Crippen molar-refractivity contribution in [2.45, 2.75) is 12.8 Å². The molecule has 0 amide bonds. The predicted octanol–water partition coefficient (Wildman–Crippen LogP) is 15.4. The molecule has 0 saturated heterocycles. The molecular formula is C52H34N2O2S. The van der Waals surface area contributed by atoms with Crippen molar-refractivity contribution in [2.75, 3.05) is 9.80 Å². The summed E-state index contributed by atoms with van der Waals surface area (Å²) in [5.74, 6) is 1.04. The molecule has 0 saturated carbocycles. The standard InChI is InChI=1S/C52H34N2O2S/c1-3-17-35(18-4-1)53(41-23-13-27-46-50(41)38-21-9-11-25-44(38)55-46)37-31-43(52-40-29-33-15-7-8-16-34(33)30-48(40)57-49(52)32-37)54(36-19-5-2-6-20-36)42-24-14-28-47-51(42)39-22-10-12-26-45(39)56-47/h1-12,14-26,28-32H,13,27H2. The zero-order valence-corrected chi connectivity index (χ0v) is 31.7. The maximum Gasteiger partial charge on any atom is 0.137 e. The summed E-state index contributed by atoms with van der Waals surface area (Å²) in [4.78, 5) is 4.90. The van der Waals surface area contributed by atoms with Crippen molar-refractivity contribution in [3.63, 3.8) is 0 Å². The van der Waals surface area contributed by atoms with E-state index in [1.165, 1.54) is 36.5 Å². The van der Waals surface area contributed by atoms with Gasteiger partial charge in [0.05, 0.1) is 22.5 Å². The molecule has 5 heteroatoms. The molecule has 3 heterocycles. The van der Waals surface area contributed by atoms with Crippen LogP contribution in [0.3, 0.4) is 0 Å². The van der Waals surface area contributed by atoms with Crippen LogP contribution in [-0.4, -0.2) is 0 Å². The minimum Gasteiger partial charge on any atom is -0.460 e. The minimum atomic E-state index is 0.862. The maximum absolute atomic E-state index is 6.55. The Morgan fingerprint density at radius 1 is 0.439 bits per heavy atom. The van der Waals surface area contributed by atoms with Crippen molar-refractivity contribution >= 4 is 109 Å². The van der Waals surface area contributed by atoms with Gasteiger partial charge in [0.2, 0.25) is 0 Å². The molecule has 4 nitrogen and oxygen atoms in total. The molecule has 57 heavy (non-hydrogen) atoms. The normalized spacial score (nSPS) is 12.9. The molecule has 12 rings (SSSR count). The number of anilines is 5. The van der Waals surface area contributed by atoms with Gasteiger partial charge in [-0.2, -0.15) is 0 Å². The maximum atomic E-state index is 6.55. The number of hydrogen-bond acceptors (Lipinski definition) is 5. The second-order valence-electron chi connectivity index (χ2n) is 14.8. The molecule has 0 bridgehead atoms. The van der Waals surface area contributed by atoms with Gasteiger partial charge in [0.15, 0.2) is 0 Å². The van der Waals surface area contributed by atoms with Crippen molar-refractivity contribution in [1.82, 2.24) is 0 Å². The highest BCUT2D eigenvalue weighted by Gasteiger charge is 2.29. The van der Waals surface area contributed by atoms with Gasteiger partial charge in [-0.05, 0) is 90.0 Å². The highest BCUT2D eigenvalue weighted by molar-refractivity contribution is 7.26. The van der Waals surface area contributed by atoms with Gasteiger partial charge in [0.1, 0.15) is 22.5 Å². The van der Waals surface area contributed by atoms with Crippen LogP contribution in [0.25, 0.3) is 69.5 Å². The minimum absolute atomic E-state index is 0.862. The summed E-state index contributed by atoms with van der Waals surface area (Å²) in [6.45, 7) is 0. The first-order valence-electron chi connectivity index (χ1n) is 19.5. The van der Waals surface area contributed by atoms with E-state index in [0.29, 0.717) is 0 Å². The number of benzene rings is 8. The molecule has 0 radical (unpaired) electrons. The van der Waals surface area contributed by atoms with E-state index in [9.17, 15) is 0 Å². The van der Waals surface area contributed by atoms with Crippen LogP contribution in [0.1, 0.15) is 17.7 Å². The average Bonchev–Trinajstić information content (AvgIpc) is 3.95. The summed E-state index contributed by atoms with van der Waals surface area (Å²) in [5, 5.41) is 8.25. The van der Waals surface area contributed by atoms with E-state index >= 15 is 0 Å². The topological polar surface area (TPSA) is 32.8 Å². The highest BCUT2D eigenvalue weighted by Crippen LogP contribution is 2.52. The van der Waals surface area contributed by atoms with Gasteiger partial charge in [0.25, 0.3) is 0 Å². The molecule has 0 fully saturated rings. The number of rotatable bonds is 6. The molecule has 1 aliphatic rings. The van der Waals surface area contributed by atoms with Crippen molar-refractivity contribution in [2.24, 2.45) is 0 Å². The van der Waals surface area contributed by atoms with Crippen molar-refractivity contribution in [1.29, 1.82) is 0 Å². The molecule has 1 aliphatic carbocycles. The lowest BCUT2D eigenvalue weighted by atomic mass is 9.96. The van der Waals surface area contributed by atoms with Gasteiger partial charge in [-0.25, -0.2) is 0 Å². The largest absolute Gasteiger partial charge is 0.460 e. The molecule has 0 spiro atoms. The number of fused-ring (bicyclic) bond motifs is 10. The number of thiophene rings is 1. The Balaban J connectivity index is 1.21. The first-order valence-corrected chi connectivity index (χ1v) is 20.3. The Morgan fingerprint density at radius 3 is 1.88 bits per heavy atom. The molecule has 8 aromatic carbocycles. The lowest BCUT2D eigenvalue weighted by Gasteiger charge is -2.32. The first-order chi connectivity index (χ1) is 28.3. The Morgan fingerprint density at radius 2 is 1.09 bits per heavy atom. The van der Waals surface area contributed by atoms with Crippen molar-refractivity contribution in [3.05, 3.63) is 193 Å². The van der Waals surface area contributed by atoms with E-state index in [-0.39, 0.29) is 0 Å². The first kappa shape index (κ1) is 32.2. The third-order valence-electron chi connectivity index (χ3n) is 11.4. The van der Waals surface area contributed by atoms with Gasteiger partial charge < -0.3 is 18.6 Å². The lowest BCUT2D eigenvalue weighted by molar-refractivity contribution is 0.545. The highest BCUT2D eigenvalue weighted by atomic mass is 32.1. The second kappa shape index (κ2) is 12.7. The fourth-order valence-electron chi connectivity index (χ4n) is 8.99. The number of furan rings is 2. The smallest absolute Gasteiger partial charge is 0.137 e. The van der Waals surface area contributed by atoms with Gasteiger partial charge in [-0.1, -0.05) is 109 Å². The monoisotopic (exact) mass is 750 g/mol. The number of nitrogens with zero attached hydrogens (tertiary/aromatic N) is 2. The molecule has 0 N–H and O–H groups in total. The number of hydrogen-bond donors (Lipinski definition) is 0. The quantitative estimate of drug-likeness (QED) is 0.169. The molecule has 0 unspecified atom stereocenters. The Hall–Kier alpha value is -7.08. The average molecular weight is 751 g/mol. The van der Waals surface area contributed by atoms with Gasteiger partial charge in [-0.15, -0.1) is 11.3 Å². The zero-order valence-electron chi connectivity index (χ0n) is 30.9. The van der Waals surface area contributed by atoms with Gasteiger partial charge in [-0.3, -0.25) is 0 Å². The van der Waals surface area contributed by atoms with Crippen LogP contribution in [-0.2, 0) is 6.42 Å². The van der Waals surface area contributed by atoms with Crippen molar-refractivity contribution in [3.8, 4) is 0 Å². The second-order valence-corrected chi connectivity index (χ2v) is 15.8. The molecular weight excluding hydrogens is 717 g/mol. The molecule has 270 valence electrons. The van der Waals surface area contributed by atoms with E-state index in [2.05, 4.69) is 186 Å². The Kier molecular flexibility index (Phi) is 7.19. The molecule has 11 aromatic rings. The fraction of sp³-hybridized carbons (Fsp3) is 0.0385. The van der Waals surface area contributed by atoms with Crippen LogP contribution in [0.5, 0.6) is 0 Å².